The van der Waals surface area contributed by atoms with Gasteiger partial charge in [-0.3, -0.25) is 29.7 Å². The fraction of sp³-hybridized carbons (Fsp3) is 0.353. The van der Waals surface area contributed by atoms with E-state index in [1.807, 2.05) is 75.8 Å². The first-order valence-corrected chi connectivity index (χ1v) is 30.7. The molecule has 4 aromatic carbocycles. The van der Waals surface area contributed by atoms with Crippen LogP contribution in [0.25, 0.3) is 67.0 Å². The van der Waals surface area contributed by atoms with E-state index in [4.69, 9.17) is 37.7 Å². The fourth-order valence-corrected chi connectivity index (χ4v) is 10.4. The lowest BCUT2D eigenvalue weighted by molar-refractivity contribution is 0.00578. The van der Waals surface area contributed by atoms with Gasteiger partial charge in [-0.05, 0) is 140 Å². The highest BCUT2D eigenvalue weighted by atomic mass is 16.7. The van der Waals surface area contributed by atoms with Gasteiger partial charge in [-0.25, -0.2) is 0 Å². The van der Waals surface area contributed by atoms with E-state index in [9.17, 15) is 0 Å². The summed E-state index contributed by atoms with van der Waals surface area (Å²) in [6.07, 6.45) is 12.1. The second kappa shape index (κ2) is 30.5. The molecule has 0 radical (unpaired) electrons. The molecule has 90 heavy (non-hydrogen) atoms. The molecule has 0 saturated carbocycles. The van der Waals surface area contributed by atoms with Crippen molar-refractivity contribution < 1.29 is 37.7 Å². The Bertz CT molecular complexity index is 3650. The van der Waals surface area contributed by atoms with Crippen molar-refractivity contribution in [3.05, 3.63) is 169 Å². The van der Waals surface area contributed by atoms with E-state index in [-0.39, 0.29) is 18.3 Å². The third kappa shape index (κ3) is 16.9. The molecule has 9 heterocycles. The van der Waals surface area contributed by atoms with E-state index in [0.29, 0.717) is 17.2 Å². The summed E-state index contributed by atoms with van der Waals surface area (Å²) in [5, 5.41) is 42.6. The molecule has 0 amide bonds. The summed E-state index contributed by atoms with van der Waals surface area (Å²) in [5.74, 6) is 0.924. The summed E-state index contributed by atoms with van der Waals surface area (Å²) in [4.78, 5) is 22.9. The van der Waals surface area contributed by atoms with Gasteiger partial charge in [-0.1, -0.05) is 83.9 Å². The van der Waals surface area contributed by atoms with Crippen LogP contribution >= 0.6 is 0 Å². The Morgan fingerprint density at radius 1 is 0.511 bits per heavy atom. The molecular weight excluding hydrogens is 1130 g/mol. The molecule has 6 aromatic heterocycles. The highest BCUT2D eigenvalue weighted by Crippen LogP contribution is 2.38. The van der Waals surface area contributed by atoms with Crippen molar-refractivity contribution in [2.75, 3.05) is 89.4 Å². The van der Waals surface area contributed by atoms with Crippen LogP contribution < -0.4 is 21.6 Å². The number of hydrogen-bond donors (Lipinski definition) is 4. The first-order valence-electron chi connectivity index (χ1n) is 30.7. The Labute approximate surface area is 527 Å². The number of pyridine rings is 4. The Hall–Kier alpha value is -8.31. The third-order valence-electron chi connectivity index (χ3n) is 16.5. The van der Waals surface area contributed by atoms with Gasteiger partial charge < -0.3 is 48.3 Å². The van der Waals surface area contributed by atoms with Crippen molar-refractivity contribution in [3.8, 4) is 45.2 Å². The highest BCUT2D eigenvalue weighted by Gasteiger charge is 2.51. The number of nitrogens with one attached hydrogen (secondary N) is 2. The summed E-state index contributed by atoms with van der Waals surface area (Å²) >= 11 is 0. The van der Waals surface area contributed by atoms with Gasteiger partial charge in [0, 0.05) is 97.2 Å². The topological polar surface area (TPSA) is 237 Å². The molecule has 0 bridgehead atoms. The van der Waals surface area contributed by atoms with Crippen LogP contribution in [0.2, 0.25) is 0 Å². The predicted molar refractivity (Wildman–Crippen MR) is 355 cm³/mol. The van der Waals surface area contributed by atoms with Crippen molar-refractivity contribution >= 4 is 58.3 Å². The normalized spacial score (nSPS) is 15.5. The second-order valence-electron chi connectivity index (χ2n) is 23.7. The van der Waals surface area contributed by atoms with Crippen molar-refractivity contribution in [2.45, 2.75) is 79.4 Å². The van der Waals surface area contributed by atoms with Gasteiger partial charge in [0.1, 0.15) is 0 Å². The standard InChI is InChI=1S/C25H27N5O2.C24H26N6O2.C12H18BNO2.C7H9BO2/c1-18-3-5-19(6-4-18)20-7-8-23-21(15-20)24(22(16-27-23)25-29-28-17-32-25)26-9-2-10-30-11-13-31-14-12-30;1-17-3-4-19(14-26-17)18-5-6-22-20(13-18)23(21(15-27-22)24-29-28-16-32-24)25-7-2-8-30-9-11-31-12-10-30;1-9-6-7-10(8-14-9)13-15-11(2,3)12(4,5)16-13;1-6-2-4-7(5-3-6)8(9)10/h3-8,15-17H,2,9-14H2,1H3,(H,26,27);3-6,13-16H,2,7-12H2,1H3,(H,25,27);6-8H,1-5H3;2-5,9-10H,1H3. The number of hydrogen-bond acceptors (Lipinski definition) is 20. The minimum atomic E-state index is -1.35. The largest absolute Gasteiger partial charge is 0.496 e. The number of aromatic nitrogens is 8. The molecule has 0 spiro atoms. The second-order valence-corrected chi connectivity index (χ2v) is 23.7. The van der Waals surface area contributed by atoms with Crippen LogP contribution in [0.4, 0.5) is 11.4 Å². The number of benzene rings is 4. The average Bonchev–Trinajstić information content (AvgIpc) is 1.21. The highest BCUT2D eigenvalue weighted by molar-refractivity contribution is 6.62. The summed E-state index contributed by atoms with van der Waals surface area (Å²) < 4.78 is 33.8. The number of rotatable bonds is 16. The number of anilines is 2. The molecule has 0 aliphatic carbocycles. The van der Waals surface area contributed by atoms with E-state index in [2.05, 4.69) is 156 Å². The van der Waals surface area contributed by atoms with Crippen LogP contribution in [0.3, 0.4) is 0 Å². The maximum Gasteiger partial charge on any atom is 0.496 e. The fourth-order valence-electron chi connectivity index (χ4n) is 10.4. The first kappa shape index (κ1) is 64.7. The van der Waals surface area contributed by atoms with Crippen LogP contribution in [0.1, 0.15) is 63.1 Å². The minimum Gasteiger partial charge on any atom is -0.423 e. The van der Waals surface area contributed by atoms with Gasteiger partial charge in [-0.2, -0.15) is 0 Å². The number of fused-ring (bicyclic) bond motifs is 2. The number of aryl methyl sites for hydroxylation is 4. The van der Waals surface area contributed by atoms with Gasteiger partial charge in [0.2, 0.25) is 12.8 Å². The van der Waals surface area contributed by atoms with Gasteiger partial charge in [0.25, 0.3) is 11.8 Å². The maximum absolute atomic E-state index is 8.67. The van der Waals surface area contributed by atoms with Crippen LogP contribution in [-0.4, -0.2) is 164 Å². The van der Waals surface area contributed by atoms with Gasteiger partial charge in [-0.15, -0.1) is 20.4 Å². The molecule has 0 atom stereocenters. The molecule has 3 saturated heterocycles. The molecule has 3 aliphatic rings. The maximum atomic E-state index is 8.67. The van der Waals surface area contributed by atoms with Crippen molar-refractivity contribution in [3.63, 3.8) is 0 Å². The number of ether oxygens (including phenoxy) is 2. The van der Waals surface area contributed by atoms with Crippen LogP contribution in [-0.2, 0) is 18.8 Å². The summed E-state index contributed by atoms with van der Waals surface area (Å²) in [5.41, 5.74) is 15.2. The zero-order valence-electron chi connectivity index (χ0n) is 52.7. The zero-order chi connectivity index (χ0) is 63.0. The lowest BCUT2D eigenvalue weighted by Gasteiger charge is -2.32. The van der Waals surface area contributed by atoms with Crippen LogP contribution in [0.5, 0.6) is 0 Å². The van der Waals surface area contributed by atoms with E-state index in [1.165, 1.54) is 23.9 Å². The Kier molecular flexibility index (Phi) is 21.9. The summed E-state index contributed by atoms with van der Waals surface area (Å²) in [7, 11) is -1.65. The van der Waals surface area contributed by atoms with Crippen LogP contribution in [0.15, 0.2) is 156 Å². The van der Waals surface area contributed by atoms with E-state index in [0.717, 1.165) is 175 Å². The molecule has 3 aliphatic heterocycles. The SMILES string of the molecule is Cc1ccc(-c2ccc3ncc(-c4nnco4)c(NCCCN4CCOCC4)c3c2)cc1.Cc1ccc(-c2ccc3ncc(-c4nnco4)c(NCCCN4CCOCC4)c3c2)cn1.Cc1ccc(B(O)O)cc1.Cc1ccc(B2OC(C)(C)C(C)(C)O2)cn1. The summed E-state index contributed by atoms with van der Waals surface area (Å²) in [6.45, 7) is 27.3. The number of nitrogens with zero attached hydrogens (tertiary/aromatic N) is 10. The molecular formula is C68H80B2N12O8. The molecule has 10 aromatic rings. The van der Waals surface area contributed by atoms with Gasteiger partial charge in [0.05, 0.1) is 71.2 Å². The smallest absolute Gasteiger partial charge is 0.423 e. The van der Waals surface area contributed by atoms with E-state index >= 15 is 0 Å². The molecule has 13 rings (SSSR count). The third-order valence-corrected chi connectivity index (χ3v) is 16.5. The molecule has 22 heteroatoms. The lowest BCUT2D eigenvalue weighted by Crippen LogP contribution is -2.41. The molecule has 466 valence electrons. The molecule has 20 nitrogen and oxygen atoms in total. The summed E-state index contributed by atoms with van der Waals surface area (Å²) in [6, 6.07) is 36.4. The average molecular weight is 1220 g/mol. The Morgan fingerprint density at radius 3 is 1.39 bits per heavy atom. The van der Waals surface area contributed by atoms with E-state index < -0.39 is 7.12 Å². The monoisotopic (exact) mass is 1210 g/mol. The predicted octanol–water partition coefficient (Wildman–Crippen LogP) is 9.55. The van der Waals surface area contributed by atoms with Crippen LogP contribution in [0, 0.1) is 27.7 Å². The molecule has 4 N–H and O–H groups in total. The quantitative estimate of drug-likeness (QED) is 0.0520. The Balaban J connectivity index is 0.000000144. The van der Waals surface area contributed by atoms with Crippen molar-refractivity contribution in [1.82, 2.24) is 50.1 Å². The molecule has 3 fully saturated rings. The Morgan fingerprint density at radius 2 is 0.956 bits per heavy atom. The van der Waals surface area contributed by atoms with Crippen molar-refractivity contribution in [1.29, 1.82) is 0 Å². The van der Waals surface area contributed by atoms with Crippen molar-refractivity contribution in [2.24, 2.45) is 0 Å². The van der Waals surface area contributed by atoms with Gasteiger partial charge >= 0.3 is 14.2 Å². The number of morpholine rings is 2. The minimum absolute atomic E-state index is 0.289. The lowest BCUT2D eigenvalue weighted by atomic mass is 9.80. The first-order chi connectivity index (χ1) is 43.6. The zero-order valence-corrected chi connectivity index (χ0v) is 52.7. The van der Waals surface area contributed by atoms with E-state index in [1.54, 1.807) is 18.3 Å². The molecule has 0 unspecified atom stereocenters. The van der Waals surface area contributed by atoms with Gasteiger partial charge in [0.15, 0.2) is 0 Å².